The van der Waals surface area contributed by atoms with Gasteiger partial charge in [0.1, 0.15) is 11.3 Å². The van der Waals surface area contributed by atoms with Gasteiger partial charge in [0.25, 0.3) is 10.0 Å². The molecule has 122 valence electrons. The molecule has 1 N–H and O–H groups in total. The van der Waals surface area contributed by atoms with Crippen LogP contribution in [0.4, 0.5) is 5.82 Å². The molecule has 1 aliphatic rings. The standard InChI is InChI=1S/C16H12ClN3O3S/c17-12-2-1-3-13-16(12)18-9-15(19-13)20-24(21,22)11-4-5-14-10(8-11)6-7-23-14/h1-5,8-9H,6-7H2,(H,19,20). The van der Waals surface area contributed by atoms with Crippen LogP contribution in [0.1, 0.15) is 5.56 Å². The van der Waals surface area contributed by atoms with E-state index in [9.17, 15) is 8.42 Å². The monoisotopic (exact) mass is 361 g/mol. The number of para-hydroxylation sites is 1. The van der Waals surface area contributed by atoms with Crippen LogP contribution in [0, 0.1) is 0 Å². The molecule has 3 aromatic rings. The van der Waals surface area contributed by atoms with Crippen LogP contribution < -0.4 is 9.46 Å². The average molecular weight is 362 g/mol. The summed E-state index contributed by atoms with van der Waals surface area (Å²) in [6.07, 6.45) is 2.05. The second kappa shape index (κ2) is 5.61. The molecule has 2 aromatic carbocycles. The lowest BCUT2D eigenvalue weighted by atomic mass is 10.2. The molecule has 0 saturated heterocycles. The number of rotatable bonds is 3. The molecule has 0 saturated carbocycles. The van der Waals surface area contributed by atoms with Crippen LogP contribution in [0.5, 0.6) is 5.75 Å². The van der Waals surface area contributed by atoms with Crippen molar-refractivity contribution in [1.82, 2.24) is 9.97 Å². The van der Waals surface area contributed by atoms with E-state index in [4.69, 9.17) is 16.3 Å². The highest BCUT2D eigenvalue weighted by Gasteiger charge is 2.20. The summed E-state index contributed by atoms with van der Waals surface area (Å²) < 4.78 is 33.0. The minimum absolute atomic E-state index is 0.140. The summed E-state index contributed by atoms with van der Waals surface area (Å²) in [5.74, 6) is 0.871. The predicted molar refractivity (Wildman–Crippen MR) is 91.0 cm³/mol. The van der Waals surface area contributed by atoms with Crippen LogP contribution in [0.15, 0.2) is 47.5 Å². The van der Waals surface area contributed by atoms with E-state index in [-0.39, 0.29) is 10.7 Å². The van der Waals surface area contributed by atoms with E-state index < -0.39 is 10.0 Å². The van der Waals surface area contributed by atoms with Gasteiger partial charge in [-0.1, -0.05) is 17.7 Å². The van der Waals surface area contributed by atoms with Crippen LogP contribution in [0.25, 0.3) is 11.0 Å². The fourth-order valence-electron chi connectivity index (χ4n) is 2.58. The van der Waals surface area contributed by atoms with E-state index in [1.807, 2.05) is 0 Å². The quantitative estimate of drug-likeness (QED) is 0.775. The molecule has 0 amide bonds. The van der Waals surface area contributed by atoms with Gasteiger partial charge in [-0.25, -0.2) is 18.4 Å². The first kappa shape index (κ1) is 15.2. The summed E-state index contributed by atoms with van der Waals surface area (Å²) in [5, 5.41) is 0.466. The highest BCUT2D eigenvalue weighted by molar-refractivity contribution is 7.92. The Morgan fingerprint density at radius 1 is 1.21 bits per heavy atom. The Hall–Kier alpha value is -2.38. The number of sulfonamides is 1. The molecule has 0 fully saturated rings. The van der Waals surface area contributed by atoms with Gasteiger partial charge < -0.3 is 4.74 Å². The minimum Gasteiger partial charge on any atom is -0.493 e. The number of ether oxygens (including phenoxy) is 1. The SMILES string of the molecule is O=S(=O)(Nc1cnc2c(Cl)cccc2n1)c1ccc2c(c1)CCO2. The summed E-state index contributed by atoms with van der Waals surface area (Å²) in [7, 11) is -3.75. The largest absolute Gasteiger partial charge is 0.493 e. The highest BCUT2D eigenvalue weighted by Crippen LogP contribution is 2.28. The van der Waals surface area contributed by atoms with Gasteiger partial charge in [-0.15, -0.1) is 0 Å². The third-order valence-electron chi connectivity index (χ3n) is 3.73. The second-order valence-corrected chi connectivity index (χ2v) is 7.43. The molecule has 1 aromatic heterocycles. The van der Waals surface area contributed by atoms with Crippen LogP contribution in [0.3, 0.4) is 0 Å². The lowest BCUT2D eigenvalue weighted by molar-refractivity contribution is 0.356. The van der Waals surface area contributed by atoms with E-state index in [2.05, 4.69) is 14.7 Å². The molecular weight excluding hydrogens is 350 g/mol. The zero-order valence-electron chi connectivity index (χ0n) is 12.4. The first-order chi connectivity index (χ1) is 11.5. The van der Waals surface area contributed by atoms with Gasteiger partial charge in [0.2, 0.25) is 0 Å². The number of nitrogens with zero attached hydrogens (tertiary/aromatic N) is 2. The molecule has 4 rings (SSSR count). The van der Waals surface area contributed by atoms with Gasteiger partial charge in [0, 0.05) is 6.42 Å². The molecule has 0 aliphatic carbocycles. The van der Waals surface area contributed by atoms with Crippen molar-refractivity contribution < 1.29 is 13.2 Å². The Kier molecular flexibility index (Phi) is 3.54. The number of hydrogen-bond acceptors (Lipinski definition) is 5. The van der Waals surface area contributed by atoms with Crippen LogP contribution >= 0.6 is 11.6 Å². The van der Waals surface area contributed by atoms with Gasteiger partial charge >= 0.3 is 0 Å². The maximum atomic E-state index is 12.6. The molecule has 0 unspecified atom stereocenters. The predicted octanol–water partition coefficient (Wildman–Crippen LogP) is 3.02. The summed E-state index contributed by atoms with van der Waals surface area (Å²) in [4.78, 5) is 8.60. The topological polar surface area (TPSA) is 81.2 Å². The van der Waals surface area contributed by atoms with Crippen LogP contribution in [-0.4, -0.2) is 25.0 Å². The van der Waals surface area contributed by atoms with Gasteiger partial charge in [-0.05, 0) is 35.9 Å². The number of aromatic nitrogens is 2. The Bertz CT molecular complexity index is 1050. The average Bonchev–Trinajstić information content (AvgIpc) is 3.02. The Labute approximate surface area is 143 Å². The molecule has 0 bridgehead atoms. The first-order valence-corrected chi connectivity index (χ1v) is 9.09. The van der Waals surface area contributed by atoms with E-state index in [1.165, 1.54) is 12.3 Å². The minimum atomic E-state index is -3.75. The molecule has 1 aliphatic heterocycles. The molecule has 24 heavy (non-hydrogen) atoms. The fraction of sp³-hybridized carbons (Fsp3) is 0.125. The lowest BCUT2D eigenvalue weighted by Gasteiger charge is -2.09. The Morgan fingerprint density at radius 3 is 2.96 bits per heavy atom. The molecule has 8 heteroatoms. The number of anilines is 1. The first-order valence-electron chi connectivity index (χ1n) is 7.23. The van der Waals surface area contributed by atoms with E-state index >= 15 is 0 Å². The Morgan fingerprint density at radius 2 is 2.08 bits per heavy atom. The zero-order valence-corrected chi connectivity index (χ0v) is 13.9. The maximum absolute atomic E-state index is 12.6. The molecule has 0 spiro atoms. The van der Waals surface area contributed by atoms with Crippen molar-refractivity contribution in [3.8, 4) is 5.75 Å². The van der Waals surface area contributed by atoms with Crippen molar-refractivity contribution in [3.05, 3.63) is 53.2 Å². The van der Waals surface area contributed by atoms with Crippen molar-refractivity contribution >= 4 is 38.5 Å². The lowest BCUT2D eigenvalue weighted by Crippen LogP contribution is -2.14. The molecule has 0 atom stereocenters. The smallest absolute Gasteiger partial charge is 0.263 e. The normalized spacial score (nSPS) is 13.5. The zero-order chi connectivity index (χ0) is 16.7. The number of hydrogen-bond donors (Lipinski definition) is 1. The molecule has 2 heterocycles. The van der Waals surface area contributed by atoms with Gasteiger partial charge in [0.05, 0.1) is 28.2 Å². The Balaban J connectivity index is 1.69. The molecule has 0 radical (unpaired) electrons. The van der Waals surface area contributed by atoms with E-state index in [1.54, 1.807) is 30.3 Å². The second-order valence-electron chi connectivity index (χ2n) is 5.34. The third kappa shape index (κ3) is 2.65. The molecular formula is C16H12ClN3O3S. The summed E-state index contributed by atoms with van der Waals surface area (Å²) in [5.41, 5.74) is 1.93. The number of halogens is 1. The summed E-state index contributed by atoms with van der Waals surface area (Å²) >= 11 is 6.04. The van der Waals surface area contributed by atoms with Gasteiger partial charge in [-0.2, -0.15) is 0 Å². The summed E-state index contributed by atoms with van der Waals surface area (Å²) in [6, 6.07) is 9.96. The van der Waals surface area contributed by atoms with E-state index in [0.29, 0.717) is 29.1 Å². The van der Waals surface area contributed by atoms with E-state index in [0.717, 1.165) is 11.3 Å². The van der Waals surface area contributed by atoms with Crippen LogP contribution in [-0.2, 0) is 16.4 Å². The third-order valence-corrected chi connectivity index (χ3v) is 5.39. The summed E-state index contributed by atoms with van der Waals surface area (Å²) in [6.45, 7) is 0.573. The van der Waals surface area contributed by atoms with Crippen molar-refractivity contribution in [2.75, 3.05) is 11.3 Å². The van der Waals surface area contributed by atoms with Crippen molar-refractivity contribution in [2.45, 2.75) is 11.3 Å². The van der Waals surface area contributed by atoms with Gasteiger partial charge in [0.15, 0.2) is 5.82 Å². The molecule has 6 nitrogen and oxygen atoms in total. The fourth-order valence-corrected chi connectivity index (χ4v) is 3.84. The number of benzene rings is 2. The van der Waals surface area contributed by atoms with Crippen molar-refractivity contribution in [1.29, 1.82) is 0 Å². The van der Waals surface area contributed by atoms with Crippen molar-refractivity contribution in [3.63, 3.8) is 0 Å². The van der Waals surface area contributed by atoms with Gasteiger partial charge in [-0.3, -0.25) is 4.72 Å². The van der Waals surface area contributed by atoms with Crippen molar-refractivity contribution in [2.24, 2.45) is 0 Å². The number of fused-ring (bicyclic) bond motifs is 2. The maximum Gasteiger partial charge on any atom is 0.263 e. The highest BCUT2D eigenvalue weighted by atomic mass is 35.5. The number of nitrogens with one attached hydrogen (secondary N) is 1. The van der Waals surface area contributed by atoms with Crippen LogP contribution in [0.2, 0.25) is 5.02 Å².